The van der Waals surface area contributed by atoms with Crippen molar-refractivity contribution in [1.29, 1.82) is 0 Å². The Morgan fingerprint density at radius 3 is 2.89 bits per heavy atom. The van der Waals surface area contributed by atoms with Gasteiger partial charge in [-0.1, -0.05) is 0 Å². The summed E-state index contributed by atoms with van der Waals surface area (Å²) >= 11 is 0. The molecular formula is C14H20N2O3. The first kappa shape index (κ1) is 14.0. The third-order valence-electron chi connectivity index (χ3n) is 3.32. The van der Waals surface area contributed by atoms with Gasteiger partial charge in [-0.15, -0.1) is 0 Å². The summed E-state index contributed by atoms with van der Waals surface area (Å²) in [7, 11) is 0. The minimum absolute atomic E-state index is 0.0510. The number of piperidine rings is 1. The van der Waals surface area contributed by atoms with E-state index in [2.05, 4.69) is 4.98 Å². The first-order valence-electron chi connectivity index (χ1n) is 6.65. The molecule has 0 aliphatic carbocycles. The number of amides is 1. The number of ether oxygens (including phenoxy) is 1. The fourth-order valence-corrected chi connectivity index (χ4v) is 2.31. The molecule has 104 valence electrons. The first-order chi connectivity index (χ1) is 9.20. The molecule has 1 aliphatic heterocycles. The second-order valence-electron chi connectivity index (χ2n) is 4.77. The van der Waals surface area contributed by atoms with Crippen molar-refractivity contribution < 1.29 is 14.6 Å². The van der Waals surface area contributed by atoms with E-state index >= 15 is 0 Å². The summed E-state index contributed by atoms with van der Waals surface area (Å²) in [6, 6.07) is 3.57. The molecule has 0 spiro atoms. The van der Waals surface area contributed by atoms with Crippen molar-refractivity contribution in [3.05, 3.63) is 29.6 Å². The highest BCUT2D eigenvalue weighted by atomic mass is 16.5. The molecule has 1 fully saturated rings. The Morgan fingerprint density at radius 2 is 2.26 bits per heavy atom. The SMILES string of the molecule is Cc1cc(C(=O)N2CCC(OCCO)CC2)ccn1. The monoisotopic (exact) mass is 264 g/mol. The number of hydrogen-bond acceptors (Lipinski definition) is 4. The summed E-state index contributed by atoms with van der Waals surface area (Å²) in [6.45, 7) is 3.72. The maximum absolute atomic E-state index is 12.3. The maximum atomic E-state index is 12.3. The third kappa shape index (κ3) is 3.75. The molecule has 5 nitrogen and oxygen atoms in total. The number of aryl methyl sites for hydroxylation is 1. The minimum Gasteiger partial charge on any atom is -0.394 e. The van der Waals surface area contributed by atoms with Crippen molar-refractivity contribution in [3.8, 4) is 0 Å². The predicted octanol–water partition coefficient (Wildman–Crippen LogP) is 1.00. The van der Waals surface area contributed by atoms with Crippen LogP contribution in [0.5, 0.6) is 0 Å². The zero-order chi connectivity index (χ0) is 13.7. The summed E-state index contributed by atoms with van der Waals surface area (Å²) in [4.78, 5) is 18.2. The average molecular weight is 264 g/mol. The second kappa shape index (κ2) is 6.63. The van der Waals surface area contributed by atoms with Crippen molar-refractivity contribution in [2.24, 2.45) is 0 Å². The number of rotatable bonds is 4. The molecule has 1 aromatic heterocycles. The van der Waals surface area contributed by atoms with Gasteiger partial charge in [-0.25, -0.2) is 0 Å². The van der Waals surface area contributed by atoms with Gasteiger partial charge >= 0.3 is 0 Å². The van der Waals surface area contributed by atoms with E-state index in [4.69, 9.17) is 9.84 Å². The van der Waals surface area contributed by atoms with Crippen LogP contribution in [0.4, 0.5) is 0 Å². The van der Waals surface area contributed by atoms with E-state index in [1.807, 2.05) is 17.9 Å². The molecule has 0 aromatic carbocycles. The molecule has 2 heterocycles. The lowest BCUT2D eigenvalue weighted by molar-refractivity contribution is -0.00554. The predicted molar refractivity (Wildman–Crippen MR) is 70.9 cm³/mol. The van der Waals surface area contributed by atoms with Gasteiger partial charge in [0.1, 0.15) is 0 Å². The lowest BCUT2D eigenvalue weighted by atomic mass is 10.1. The van der Waals surface area contributed by atoms with Crippen LogP contribution in [0.25, 0.3) is 0 Å². The van der Waals surface area contributed by atoms with Gasteiger partial charge in [0.25, 0.3) is 5.91 Å². The number of likely N-dealkylation sites (tertiary alicyclic amines) is 1. The molecule has 1 amide bonds. The van der Waals surface area contributed by atoms with Crippen LogP contribution in [-0.2, 0) is 4.74 Å². The van der Waals surface area contributed by atoms with Crippen LogP contribution in [0.15, 0.2) is 18.3 Å². The summed E-state index contributed by atoms with van der Waals surface area (Å²) in [6.07, 6.45) is 3.49. The van der Waals surface area contributed by atoms with Gasteiger partial charge in [0.15, 0.2) is 0 Å². The summed E-state index contributed by atoms with van der Waals surface area (Å²) in [5.74, 6) is 0.0612. The highest BCUT2D eigenvalue weighted by Gasteiger charge is 2.23. The van der Waals surface area contributed by atoms with E-state index < -0.39 is 0 Å². The molecule has 1 saturated heterocycles. The Labute approximate surface area is 113 Å². The van der Waals surface area contributed by atoms with E-state index in [0.29, 0.717) is 25.3 Å². The van der Waals surface area contributed by atoms with Crippen molar-refractivity contribution in [1.82, 2.24) is 9.88 Å². The molecule has 19 heavy (non-hydrogen) atoms. The third-order valence-corrected chi connectivity index (χ3v) is 3.32. The highest BCUT2D eigenvalue weighted by molar-refractivity contribution is 5.94. The quantitative estimate of drug-likeness (QED) is 0.881. The Balaban J connectivity index is 1.89. The highest BCUT2D eigenvalue weighted by Crippen LogP contribution is 2.16. The largest absolute Gasteiger partial charge is 0.394 e. The van der Waals surface area contributed by atoms with E-state index in [1.165, 1.54) is 0 Å². The molecule has 0 unspecified atom stereocenters. The number of aliphatic hydroxyl groups is 1. The smallest absolute Gasteiger partial charge is 0.253 e. The summed E-state index contributed by atoms with van der Waals surface area (Å²) in [5, 5.41) is 8.72. The Bertz CT molecular complexity index is 428. The van der Waals surface area contributed by atoms with E-state index in [1.54, 1.807) is 12.3 Å². The van der Waals surface area contributed by atoms with Crippen LogP contribution in [0, 0.1) is 6.92 Å². The zero-order valence-corrected chi connectivity index (χ0v) is 11.2. The van der Waals surface area contributed by atoms with Crippen LogP contribution in [0.1, 0.15) is 28.9 Å². The Hall–Kier alpha value is -1.46. The fourth-order valence-electron chi connectivity index (χ4n) is 2.31. The maximum Gasteiger partial charge on any atom is 0.253 e. The molecule has 0 radical (unpaired) electrons. The Kier molecular flexibility index (Phi) is 4.87. The molecule has 0 atom stereocenters. The number of aliphatic hydroxyl groups excluding tert-OH is 1. The number of nitrogens with zero attached hydrogens (tertiary/aromatic N) is 2. The standard InChI is InChI=1S/C14H20N2O3/c1-11-10-12(2-5-15-11)14(18)16-6-3-13(4-7-16)19-9-8-17/h2,5,10,13,17H,3-4,6-9H2,1H3. The number of carbonyl (C=O) groups excluding carboxylic acids is 1. The molecule has 1 N–H and O–H groups in total. The molecule has 1 aliphatic rings. The van der Waals surface area contributed by atoms with Gasteiger partial charge in [-0.3, -0.25) is 9.78 Å². The van der Waals surface area contributed by atoms with Crippen LogP contribution < -0.4 is 0 Å². The van der Waals surface area contributed by atoms with Gasteiger partial charge in [0, 0.05) is 30.5 Å². The summed E-state index contributed by atoms with van der Waals surface area (Å²) in [5.41, 5.74) is 1.55. The Morgan fingerprint density at radius 1 is 1.53 bits per heavy atom. The topological polar surface area (TPSA) is 62.7 Å². The molecule has 0 saturated carbocycles. The number of aromatic nitrogens is 1. The second-order valence-corrected chi connectivity index (χ2v) is 4.77. The molecule has 5 heteroatoms. The minimum atomic E-state index is 0.0510. The van der Waals surface area contributed by atoms with Gasteiger partial charge in [-0.2, -0.15) is 0 Å². The number of pyridine rings is 1. The average Bonchev–Trinajstić information content (AvgIpc) is 2.45. The lowest BCUT2D eigenvalue weighted by Crippen LogP contribution is -2.41. The van der Waals surface area contributed by atoms with Crippen molar-refractivity contribution in [2.75, 3.05) is 26.3 Å². The van der Waals surface area contributed by atoms with Gasteiger partial charge < -0.3 is 14.7 Å². The molecule has 1 aromatic rings. The van der Waals surface area contributed by atoms with E-state index in [9.17, 15) is 4.79 Å². The lowest BCUT2D eigenvalue weighted by Gasteiger charge is -2.32. The number of carbonyl (C=O) groups is 1. The van der Waals surface area contributed by atoms with Gasteiger partial charge in [0.2, 0.25) is 0 Å². The number of hydrogen-bond donors (Lipinski definition) is 1. The molecular weight excluding hydrogens is 244 g/mol. The van der Waals surface area contributed by atoms with E-state index in [0.717, 1.165) is 18.5 Å². The first-order valence-corrected chi connectivity index (χ1v) is 6.65. The van der Waals surface area contributed by atoms with Crippen LogP contribution >= 0.6 is 0 Å². The van der Waals surface area contributed by atoms with Gasteiger partial charge in [0.05, 0.1) is 19.3 Å². The van der Waals surface area contributed by atoms with Crippen LogP contribution in [0.3, 0.4) is 0 Å². The molecule has 2 rings (SSSR count). The van der Waals surface area contributed by atoms with Crippen LogP contribution in [0.2, 0.25) is 0 Å². The fraction of sp³-hybridized carbons (Fsp3) is 0.571. The molecule has 0 bridgehead atoms. The van der Waals surface area contributed by atoms with Gasteiger partial charge in [-0.05, 0) is 31.9 Å². The van der Waals surface area contributed by atoms with Crippen molar-refractivity contribution in [2.45, 2.75) is 25.9 Å². The van der Waals surface area contributed by atoms with Crippen molar-refractivity contribution in [3.63, 3.8) is 0 Å². The van der Waals surface area contributed by atoms with E-state index in [-0.39, 0.29) is 18.6 Å². The summed E-state index contributed by atoms with van der Waals surface area (Å²) < 4.78 is 5.49. The normalized spacial score (nSPS) is 16.6. The van der Waals surface area contributed by atoms with Crippen molar-refractivity contribution >= 4 is 5.91 Å². The zero-order valence-electron chi connectivity index (χ0n) is 11.2. The van der Waals surface area contributed by atoms with Crippen LogP contribution in [-0.4, -0.2) is 53.3 Å².